The van der Waals surface area contributed by atoms with Gasteiger partial charge in [0.25, 0.3) is 0 Å². The zero-order valence-electron chi connectivity index (χ0n) is 11.4. The van der Waals surface area contributed by atoms with Crippen molar-refractivity contribution >= 4 is 35.1 Å². The molecule has 0 bridgehead atoms. The monoisotopic (exact) mass is 328 g/mol. The van der Waals surface area contributed by atoms with Crippen molar-refractivity contribution in [1.82, 2.24) is 0 Å². The lowest BCUT2D eigenvalue weighted by Crippen LogP contribution is -2.39. The maximum Gasteiger partial charge on any atom is 0.332 e. The molecule has 1 fully saturated rings. The molecule has 0 aliphatic heterocycles. The smallest absolute Gasteiger partial charge is 0.332 e. The van der Waals surface area contributed by atoms with E-state index in [2.05, 4.69) is 0 Å². The molecule has 1 aromatic carbocycles. The van der Waals surface area contributed by atoms with E-state index in [1.807, 2.05) is 0 Å². The highest BCUT2D eigenvalue weighted by molar-refractivity contribution is 6.34. The second-order valence-electron chi connectivity index (χ2n) is 5.06. The van der Waals surface area contributed by atoms with Gasteiger partial charge in [-0.3, -0.25) is 0 Å². The Bertz CT molecular complexity index is 598. The van der Waals surface area contributed by atoms with Gasteiger partial charge in [0.1, 0.15) is 5.60 Å². The average Bonchev–Trinajstić information content (AvgIpc) is 2.32. The molecule has 21 heavy (non-hydrogen) atoms. The molecular weight excluding hydrogens is 315 g/mol. The fourth-order valence-electron chi connectivity index (χ4n) is 2.22. The summed E-state index contributed by atoms with van der Waals surface area (Å²) in [6.45, 7) is 1.34. The van der Waals surface area contributed by atoms with Crippen molar-refractivity contribution in [3.05, 3.63) is 45.5 Å². The van der Waals surface area contributed by atoms with E-state index >= 15 is 0 Å². The predicted molar refractivity (Wildman–Crippen MR) is 79.5 cm³/mol. The number of hydrogen-bond acceptors (Lipinski definition) is 3. The minimum Gasteiger partial charge on any atom is -0.478 e. The van der Waals surface area contributed by atoms with Crippen molar-refractivity contribution in [3.8, 4) is 0 Å². The third-order valence-electron chi connectivity index (χ3n) is 3.52. The first kappa shape index (κ1) is 15.9. The highest BCUT2D eigenvalue weighted by Crippen LogP contribution is 2.46. The molecule has 0 atom stereocenters. The van der Waals surface area contributed by atoms with Crippen LogP contribution in [0.1, 0.15) is 31.7 Å². The van der Waals surface area contributed by atoms with Crippen molar-refractivity contribution in [1.29, 1.82) is 0 Å². The maximum atomic E-state index is 11.9. The molecular formula is C15H14Cl2O4. The molecule has 0 radical (unpaired) electrons. The van der Waals surface area contributed by atoms with E-state index < -0.39 is 17.5 Å². The Morgan fingerprint density at radius 1 is 1.24 bits per heavy atom. The van der Waals surface area contributed by atoms with E-state index in [-0.39, 0.29) is 5.57 Å². The number of halogens is 2. The van der Waals surface area contributed by atoms with Crippen LogP contribution in [-0.4, -0.2) is 17.0 Å². The van der Waals surface area contributed by atoms with Crippen molar-refractivity contribution < 1.29 is 19.4 Å². The number of carboxylic acids is 1. The fraction of sp³-hybridized carbons (Fsp3) is 0.333. The number of esters is 1. The van der Waals surface area contributed by atoms with E-state index in [4.69, 9.17) is 33.0 Å². The first-order valence-electron chi connectivity index (χ1n) is 6.43. The highest BCUT2D eigenvalue weighted by atomic mass is 35.5. The van der Waals surface area contributed by atoms with Gasteiger partial charge in [0.05, 0.1) is 0 Å². The Labute approximate surface area is 132 Å². The standard InChI is InChI=1S/C15H14Cl2O4/c1-9(14(19)20)5-13(18)21-15(3-2-4-15)10-6-11(16)8-12(17)7-10/h5-8H,2-4H2,1H3,(H,19,20). The zero-order valence-corrected chi connectivity index (χ0v) is 12.9. The number of ether oxygens (including phenoxy) is 1. The summed E-state index contributed by atoms with van der Waals surface area (Å²) in [5.74, 6) is -1.83. The SMILES string of the molecule is CC(=CC(=O)OC1(c2cc(Cl)cc(Cl)c2)CCC1)C(=O)O. The lowest BCUT2D eigenvalue weighted by molar-refractivity contribution is -0.165. The van der Waals surface area contributed by atoms with Gasteiger partial charge in [-0.1, -0.05) is 23.2 Å². The van der Waals surface area contributed by atoms with E-state index in [1.165, 1.54) is 6.92 Å². The zero-order chi connectivity index (χ0) is 15.6. The molecule has 1 saturated carbocycles. The van der Waals surface area contributed by atoms with Gasteiger partial charge >= 0.3 is 11.9 Å². The third kappa shape index (κ3) is 3.57. The summed E-state index contributed by atoms with van der Waals surface area (Å²) < 4.78 is 5.49. The first-order chi connectivity index (χ1) is 9.82. The van der Waals surface area contributed by atoms with Crippen molar-refractivity contribution in [2.24, 2.45) is 0 Å². The molecule has 1 aliphatic rings. The quantitative estimate of drug-likeness (QED) is 0.671. The van der Waals surface area contributed by atoms with E-state index in [0.29, 0.717) is 22.9 Å². The van der Waals surface area contributed by atoms with Crippen molar-refractivity contribution in [2.75, 3.05) is 0 Å². The van der Waals surface area contributed by atoms with Gasteiger partial charge in [0.15, 0.2) is 0 Å². The lowest BCUT2D eigenvalue weighted by atomic mass is 9.75. The average molecular weight is 329 g/mol. The molecule has 0 saturated heterocycles. The second-order valence-corrected chi connectivity index (χ2v) is 5.93. The molecule has 2 rings (SSSR count). The molecule has 0 amide bonds. The Balaban J connectivity index is 2.24. The molecule has 0 unspecified atom stereocenters. The van der Waals surface area contributed by atoms with Crippen LogP contribution in [0.25, 0.3) is 0 Å². The third-order valence-corrected chi connectivity index (χ3v) is 3.95. The van der Waals surface area contributed by atoms with Crippen molar-refractivity contribution in [3.63, 3.8) is 0 Å². The molecule has 1 aliphatic carbocycles. The summed E-state index contributed by atoms with van der Waals surface area (Å²) in [6.07, 6.45) is 3.22. The number of benzene rings is 1. The summed E-state index contributed by atoms with van der Waals surface area (Å²) in [5.41, 5.74) is -0.0967. The maximum absolute atomic E-state index is 11.9. The van der Waals surface area contributed by atoms with Crippen LogP contribution in [0.3, 0.4) is 0 Å². The Morgan fingerprint density at radius 2 is 1.81 bits per heavy atom. The summed E-state index contributed by atoms with van der Waals surface area (Å²) in [4.78, 5) is 22.6. The summed E-state index contributed by atoms with van der Waals surface area (Å²) in [6, 6.07) is 5.04. The number of aliphatic carboxylic acids is 1. The van der Waals surface area contributed by atoms with Crippen LogP contribution in [0.2, 0.25) is 10.0 Å². The van der Waals surface area contributed by atoms with Gasteiger partial charge in [-0.25, -0.2) is 9.59 Å². The molecule has 1 N–H and O–H groups in total. The van der Waals surface area contributed by atoms with Gasteiger partial charge in [0.2, 0.25) is 0 Å². The summed E-state index contributed by atoms with van der Waals surface area (Å²) in [5, 5.41) is 9.72. The van der Waals surface area contributed by atoms with Crippen LogP contribution in [0.5, 0.6) is 0 Å². The molecule has 112 valence electrons. The normalized spacial score (nSPS) is 17.0. The molecule has 6 heteroatoms. The number of carboxylic acid groups (broad SMARTS) is 1. The second kappa shape index (κ2) is 6.08. The lowest BCUT2D eigenvalue weighted by Gasteiger charge is -2.41. The van der Waals surface area contributed by atoms with Crippen LogP contribution in [0.4, 0.5) is 0 Å². The highest BCUT2D eigenvalue weighted by Gasteiger charge is 2.42. The van der Waals surface area contributed by atoms with E-state index in [9.17, 15) is 9.59 Å². The molecule has 1 aromatic rings. The van der Waals surface area contributed by atoms with Crippen LogP contribution < -0.4 is 0 Å². The van der Waals surface area contributed by atoms with Crippen LogP contribution in [0, 0.1) is 0 Å². The number of hydrogen-bond donors (Lipinski definition) is 1. The van der Waals surface area contributed by atoms with Crippen LogP contribution >= 0.6 is 23.2 Å². The van der Waals surface area contributed by atoms with Gasteiger partial charge in [0, 0.05) is 21.7 Å². The molecule has 0 aromatic heterocycles. The van der Waals surface area contributed by atoms with E-state index in [0.717, 1.165) is 18.1 Å². The largest absolute Gasteiger partial charge is 0.478 e. The van der Waals surface area contributed by atoms with Gasteiger partial charge in [-0.05, 0) is 49.9 Å². The van der Waals surface area contributed by atoms with Crippen molar-refractivity contribution in [2.45, 2.75) is 31.8 Å². The Morgan fingerprint density at radius 3 is 2.24 bits per heavy atom. The minimum absolute atomic E-state index is 0.0707. The van der Waals surface area contributed by atoms with Crippen LogP contribution in [0.15, 0.2) is 29.8 Å². The topological polar surface area (TPSA) is 63.6 Å². The van der Waals surface area contributed by atoms with Crippen LogP contribution in [-0.2, 0) is 19.9 Å². The number of carbonyl (C=O) groups excluding carboxylic acids is 1. The van der Waals surface area contributed by atoms with E-state index in [1.54, 1.807) is 18.2 Å². The predicted octanol–water partition coefficient (Wildman–Crippen LogP) is 3.95. The first-order valence-corrected chi connectivity index (χ1v) is 7.19. The molecule has 4 nitrogen and oxygen atoms in total. The van der Waals surface area contributed by atoms with Gasteiger partial charge in [-0.2, -0.15) is 0 Å². The number of carbonyl (C=O) groups is 2. The Kier molecular flexibility index (Phi) is 4.59. The summed E-state index contributed by atoms with van der Waals surface area (Å²) >= 11 is 12.0. The number of rotatable bonds is 4. The fourth-order valence-corrected chi connectivity index (χ4v) is 2.75. The Hall–Kier alpha value is -1.52. The minimum atomic E-state index is -1.15. The van der Waals surface area contributed by atoms with Gasteiger partial charge < -0.3 is 9.84 Å². The summed E-state index contributed by atoms with van der Waals surface area (Å²) in [7, 11) is 0. The van der Waals surface area contributed by atoms with Gasteiger partial charge in [-0.15, -0.1) is 0 Å². The molecule has 0 spiro atoms. The molecule has 0 heterocycles.